The summed E-state index contributed by atoms with van der Waals surface area (Å²) in [6.07, 6.45) is 3.11. The lowest BCUT2D eigenvalue weighted by molar-refractivity contribution is 0.645. The summed E-state index contributed by atoms with van der Waals surface area (Å²) in [6, 6.07) is 3.91. The van der Waals surface area contributed by atoms with Crippen LogP contribution >= 0.6 is 15.9 Å². The van der Waals surface area contributed by atoms with Crippen molar-refractivity contribution < 1.29 is 0 Å². The first-order valence-corrected chi connectivity index (χ1v) is 5.80. The van der Waals surface area contributed by atoms with Gasteiger partial charge >= 0.3 is 0 Å². The zero-order chi connectivity index (χ0) is 10.7. The maximum atomic E-state index is 4.14. The predicted molar refractivity (Wildman–Crippen MR) is 62.7 cm³/mol. The fraction of sp³-hybridized carbons (Fsp3) is 0.400. The van der Waals surface area contributed by atoms with Gasteiger partial charge in [-0.05, 0) is 41.0 Å². The SMILES string of the molecule is CCCNCc1nnc2ccc(Br)cn12. The van der Waals surface area contributed by atoms with Crippen LogP contribution in [0.3, 0.4) is 0 Å². The van der Waals surface area contributed by atoms with Gasteiger partial charge in [0.05, 0.1) is 6.54 Å². The number of fused-ring (bicyclic) bond motifs is 1. The van der Waals surface area contributed by atoms with Crippen LogP contribution in [0.25, 0.3) is 5.65 Å². The van der Waals surface area contributed by atoms with E-state index < -0.39 is 0 Å². The average molecular weight is 269 g/mol. The predicted octanol–water partition coefficient (Wildman–Crippen LogP) is 1.99. The lowest BCUT2D eigenvalue weighted by atomic mass is 10.4. The third-order valence-corrected chi connectivity index (χ3v) is 2.62. The molecule has 15 heavy (non-hydrogen) atoms. The molecule has 0 spiro atoms. The van der Waals surface area contributed by atoms with Gasteiger partial charge in [0, 0.05) is 10.7 Å². The third-order valence-electron chi connectivity index (χ3n) is 2.15. The first-order chi connectivity index (χ1) is 7.31. The number of aromatic nitrogens is 3. The summed E-state index contributed by atoms with van der Waals surface area (Å²) in [7, 11) is 0. The van der Waals surface area contributed by atoms with Gasteiger partial charge in [-0.2, -0.15) is 0 Å². The largest absolute Gasteiger partial charge is 0.310 e. The molecule has 4 nitrogen and oxygen atoms in total. The zero-order valence-electron chi connectivity index (χ0n) is 8.57. The number of nitrogens with zero attached hydrogens (tertiary/aromatic N) is 3. The highest BCUT2D eigenvalue weighted by Crippen LogP contribution is 2.11. The van der Waals surface area contributed by atoms with E-state index in [-0.39, 0.29) is 0 Å². The molecule has 0 saturated carbocycles. The van der Waals surface area contributed by atoms with Gasteiger partial charge in [0.25, 0.3) is 0 Å². The number of hydrogen-bond donors (Lipinski definition) is 1. The molecule has 5 heteroatoms. The minimum absolute atomic E-state index is 0.755. The van der Waals surface area contributed by atoms with Crippen molar-refractivity contribution in [2.75, 3.05) is 6.54 Å². The summed E-state index contributed by atoms with van der Waals surface area (Å²) in [6.45, 7) is 3.90. The molecule has 0 fully saturated rings. The summed E-state index contributed by atoms with van der Waals surface area (Å²) in [5.74, 6) is 0.944. The molecule has 0 saturated heterocycles. The van der Waals surface area contributed by atoms with Gasteiger partial charge in [0.15, 0.2) is 11.5 Å². The van der Waals surface area contributed by atoms with Crippen molar-refractivity contribution in [1.82, 2.24) is 19.9 Å². The molecule has 0 aliphatic carbocycles. The average Bonchev–Trinajstić information content (AvgIpc) is 2.62. The molecule has 0 unspecified atom stereocenters. The van der Waals surface area contributed by atoms with Crippen molar-refractivity contribution in [3.05, 3.63) is 28.6 Å². The summed E-state index contributed by atoms with van der Waals surface area (Å²) in [5.41, 5.74) is 0.881. The van der Waals surface area contributed by atoms with E-state index in [4.69, 9.17) is 0 Å². The lowest BCUT2D eigenvalue weighted by Crippen LogP contribution is -2.15. The molecule has 0 atom stereocenters. The van der Waals surface area contributed by atoms with E-state index in [9.17, 15) is 0 Å². The van der Waals surface area contributed by atoms with Crippen LogP contribution in [0.2, 0.25) is 0 Å². The first-order valence-electron chi connectivity index (χ1n) is 5.01. The molecule has 0 bridgehead atoms. The number of pyridine rings is 1. The second-order valence-electron chi connectivity index (χ2n) is 3.37. The molecule has 2 heterocycles. The van der Waals surface area contributed by atoms with E-state index in [0.29, 0.717) is 0 Å². The lowest BCUT2D eigenvalue weighted by Gasteiger charge is -2.01. The molecule has 0 aliphatic rings. The van der Waals surface area contributed by atoms with Gasteiger partial charge in [0.1, 0.15) is 0 Å². The molecule has 80 valence electrons. The fourth-order valence-electron chi connectivity index (χ4n) is 1.41. The summed E-state index contributed by atoms with van der Waals surface area (Å²) in [5, 5.41) is 11.5. The Morgan fingerprint density at radius 2 is 2.27 bits per heavy atom. The minimum atomic E-state index is 0.755. The number of nitrogens with one attached hydrogen (secondary N) is 1. The number of rotatable bonds is 4. The normalized spacial score (nSPS) is 11.1. The second-order valence-corrected chi connectivity index (χ2v) is 4.28. The van der Waals surface area contributed by atoms with E-state index >= 15 is 0 Å². The molecule has 0 aliphatic heterocycles. The van der Waals surface area contributed by atoms with Crippen LogP contribution in [-0.4, -0.2) is 21.1 Å². The third kappa shape index (κ3) is 2.35. The monoisotopic (exact) mass is 268 g/mol. The standard InChI is InChI=1S/C10H13BrN4/c1-2-5-12-6-10-14-13-9-4-3-8(11)7-15(9)10/h3-4,7,12H,2,5-6H2,1H3. The van der Waals surface area contributed by atoms with Crippen molar-refractivity contribution in [3.63, 3.8) is 0 Å². The van der Waals surface area contributed by atoms with Crippen molar-refractivity contribution >= 4 is 21.6 Å². The molecule has 0 amide bonds. The molecule has 2 rings (SSSR count). The highest BCUT2D eigenvalue weighted by Gasteiger charge is 2.04. The van der Waals surface area contributed by atoms with Gasteiger partial charge in [-0.15, -0.1) is 10.2 Å². The van der Waals surface area contributed by atoms with E-state index in [1.54, 1.807) is 0 Å². The molecule has 0 aromatic carbocycles. The van der Waals surface area contributed by atoms with E-state index in [2.05, 4.69) is 38.4 Å². The molecule has 0 radical (unpaired) electrons. The Bertz CT molecular complexity index is 452. The fourth-order valence-corrected chi connectivity index (χ4v) is 1.75. The molecular weight excluding hydrogens is 256 g/mol. The van der Waals surface area contributed by atoms with Gasteiger partial charge in [-0.25, -0.2) is 0 Å². The Morgan fingerprint density at radius 1 is 1.40 bits per heavy atom. The van der Waals surface area contributed by atoms with Crippen LogP contribution in [0.15, 0.2) is 22.8 Å². The molecule has 2 aromatic rings. The van der Waals surface area contributed by atoms with Crippen LogP contribution in [0, 0.1) is 0 Å². The highest BCUT2D eigenvalue weighted by atomic mass is 79.9. The van der Waals surface area contributed by atoms with Crippen molar-refractivity contribution in [1.29, 1.82) is 0 Å². The number of halogens is 1. The van der Waals surface area contributed by atoms with E-state index in [0.717, 1.165) is 35.5 Å². The first kappa shape index (κ1) is 10.6. The Kier molecular flexibility index (Phi) is 3.33. The summed E-state index contributed by atoms with van der Waals surface area (Å²) >= 11 is 3.44. The van der Waals surface area contributed by atoms with E-state index in [1.165, 1.54) is 0 Å². The van der Waals surface area contributed by atoms with Gasteiger partial charge in [-0.3, -0.25) is 4.40 Å². The van der Waals surface area contributed by atoms with Crippen LogP contribution in [0.5, 0.6) is 0 Å². The maximum Gasteiger partial charge on any atom is 0.160 e. The van der Waals surface area contributed by atoms with Crippen molar-refractivity contribution in [2.24, 2.45) is 0 Å². The van der Waals surface area contributed by atoms with Crippen LogP contribution < -0.4 is 5.32 Å². The Hall–Kier alpha value is -0.940. The smallest absolute Gasteiger partial charge is 0.160 e. The Morgan fingerprint density at radius 3 is 3.07 bits per heavy atom. The van der Waals surface area contributed by atoms with Gasteiger partial charge in [-0.1, -0.05) is 6.92 Å². The van der Waals surface area contributed by atoms with Crippen molar-refractivity contribution in [3.8, 4) is 0 Å². The van der Waals surface area contributed by atoms with Crippen LogP contribution in [0.1, 0.15) is 19.2 Å². The van der Waals surface area contributed by atoms with E-state index in [1.807, 2.05) is 22.7 Å². The zero-order valence-corrected chi connectivity index (χ0v) is 10.2. The number of hydrogen-bond acceptors (Lipinski definition) is 3. The molecular formula is C10H13BrN4. The Labute approximate surface area is 96.8 Å². The highest BCUT2D eigenvalue weighted by molar-refractivity contribution is 9.10. The van der Waals surface area contributed by atoms with Gasteiger partial charge in [0.2, 0.25) is 0 Å². The van der Waals surface area contributed by atoms with Crippen LogP contribution in [-0.2, 0) is 6.54 Å². The topological polar surface area (TPSA) is 42.2 Å². The molecule has 1 N–H and O–H groups in total. The maximum absolute atomic E-state index is 4.14. The minimum Gasteiger partial charge on any atom is -0.310 e. The quantitative estimate of drug-likeness (QED) is 0.863. The van der Waals surface area contributed by atoms with Gasteiger partial charge < -0.3 is 5.32 Å². The second kappa shape index (κ2) is 4.72. The molecule has 2 aromatic heterocycles. The Balaban J connectivity index is 2.23. The summed E-state index contributed by atoms with van der Waals surface area (Å²) in [4.78, 5) is 0. The summed E-state index contributed by atoms with van der Waals surface area (Å²) < 4.78 is 3.03. The van der Waals surface area contributed by atoms with Crippen molar-refractivity contribution in [2.45, 2.75) is 19.9 Å². The van der Waals surface area contributed by atoms with Crippen LogP contribution in [0.4, 0.5) is 0 Å².